The third kappa shape index (κ3) is 3.03. The normalized spacial score (nSPS) is 10.5. The number of rotatable bonds is 3. The van der Waals surface area contributed by atoms with Crippen molar-refractivity contribution >= 4 is 11.6 Å². The topological polar surface area (TPSA) is 68.0 Å². The molecule has 0 fully saturated rings. The molecule has 0 atom stereocenters. The molecule has 0 spiro atoms. The Kier molecular flexibility index (Phi) is 3.70. The molecule has 5 heteroatoms. The van der Waals surface area contributed by atoms with Crippen LogP contribution < -0.4 is 5.32 Å². The highest BCUT2D eigenvalue weighted by atomic mass is 16.5. The molecule has 3 aromatic rings. The molecule has 0 radical (unpaired) electrons. The van der Waals surface area contributed by atoms with Crippen molar-refractivity contribution < 1.29 is 9.32 Å². The van der Waals surface area contributed by atoms with Crippen LogP contribution in [0.25, 0.3) is 11.4 Å². The van der Waals surface area contributed by atoms with Gasteiger partial charge in [-0.15, -0.1) is 0 Å². The van der Waals surface area contributed by atoms with Gasteiger partial charge in [0.05, 0.1) is 0 Å². The van der Waals surface area contributed by atoms with E-state index in [2.05, 4.69) is 15.5 Å². The molecule has 1 heterocycles. The number of carbonyl (C=O) groups is 1. The van der Waals surface area contributed by atoms with Gasteiger partial charge in [0.1, 0.15) is 0 Å². The Hall–Kier alpha value is -2.95. The maximum atomic E-state index is 12.2. The molecular weight excluding hydrogens is 278 g/mol. The molecule has 22 heavy (non-hydrogen) atoms. The van der Waals surface area contributed by atoms with Gasteiger partial charge in [-0.3, -0.25) is 4.79 Å². The summed E-state index contributed by atoms with van der Waals surface area (Å²) in [5.41, 5.74) is 3.24. The summed E-state index contributed by atoms with van der Waals surface area (Å²) in [7, 11) is 0. The molecule has 3 rings (SSSR count). The first-order chi connectivity index (χ1) is 10.6. The highest BCUT2D eigenvalue weighted by Crippen LogP contribution is 2.19. The van der Waals surface area contributed by atoms with Crippen molar-refractivity contribution in [2.75, 3.05) is 5.32 Å². The quantitative estimate of drug-likeness (QED) is 0.801. The molecule has 0 aliphatic rings. The molecule has 1 N–H and O–H groups in total. The Morgan fingerprint density at radius 1 is 1.09 bits per heavy atom. The number of carbonyl (C=O) groups excluding carboxylic acids is 1. The number of aromatic nitrogens is 2. The summed E-state index contributed by atoms with van der Waals surface area (Å²) in [6.45, 7) is 3.70. The van der Waals surface area contributed by atoms with E-state index in [-0.39, 0.29) is 5.91 Å². The van der Waals surface area contributed by atoms with Crippen LogP contribution in [0.2, 0.25) is 0 Å². The molecule has 0 aliphatic heterocycles. The van der Waals surface area contributed by atoms with E-state index < -0.39 is 0 Å². The summed E-state index contributed by atoms with van der Waals surface area (Å²) in [5, 5.41) is 6.73. The first-order valence-corrected chi connectivity index (χ1v) is 6.90. The molecule has 2 aromatic carbocycles. The Morgan fingerprint density at radius 3 is 2.50 bits per heavy atom. The number of hydrogen-bond acceptors (Lipinski definition) is 4. The maximum Gasteiger partial charge on any atom is 0.255 e. The molecule has 0 saturated carbocycles. The lowest BCUT2D eigenvalue weighted by atomic mass is 10.1. The lowest BCUT2D eigenvalue weighted by molar-refractivity contribution is 0.102. The van der Waals surface area contributed by atoms with Crippen LogP contribution in [0.4, 0.5) is 5.69 Å². The van der Waals surface area contributed by atoms with E-state index >= 15 is 0 Å². The molecule has 1 aromatic heterocycles. The fourth-order valence-corrected chi connectivity index (χ4v) is 2.11. The van der Waals surface area contributed by atoms with E-state index in [1.165, 1.54) is 0 Å². The van der Waals surface area contributed by atoms with Crippen LogP contribution in [-0.2, 0) is 0 Å². The first-order valence-electron chi connectivity index (χ1n) is 6.90. The van der Waals surface area contributed by atoms with Crippen molar-refractivity contribution in [3.05, 3.63) is 65.5 Å². The van der Waals surface area contributed by atoms with Crippen LogP contribution >= 0.6 is 0 Å². The molecule has 0 bridgehead atoms. The zero-order valence-corrected chi connectivity index (χ0v) is 12.3. The number of nitrogens with zero attached hydrogens (tertiary/aromatic N) is 2. The van der Waals surface area contributed by atoms with Crippen molar-refractivity contribution in [3.8, 4) is 11.4 Å². The van der Waals surface area contributed by atoms with E-state index in [0.29, 0.717) is 17.3 Å². The average molecular weight is 293 g/mol. The van der Waals surface area contributed by atoms with Crippen molar-refractivity contribution in [3.63, 3.8) is 0 Å². The summed E-state index contributed by atoms with van der Waals surface area (Å²) < 4.78 is 4.95. The second kappa shape index (κ2) is 5.81. The lowest BCUT2D eigenvalue weighted by Crippen LogP contribution is -2.11. The van der Waals surface area contributed by atoms with Crippen molar-refractivity contribution in [2.45, 2.75) is 13.8 Å². The number of amides is 1. The van der Waals surface area contributed by atoms with E-state index in [4.69, 9.17) is 4.52 Å². The fraction of sp³-hybridized carbons (Fsp3) is 0.118. The summed E-state index contributed by atoms with van der Waals surface area (Å²) in [4.78, 5) is 16.3. The van der Waals surface area contributed by atoms with Gasteiger partial charge in [-0.25, -0.2) is 0 Å². The van der Waals surface area contributed by atoms with Crippen LogP contribution in [0.5, 0.6) is 0 Å². The largest absolute Gasteiger partial charge is 0.339 e. The van der Waals surface area contributed by atoms with E-state index in [9.17, 15) is 4.79 Å². The Morgan fingerprint density at radius 2 is 1.86 bits per heavy atom. The fourth-order valence-electron chi connectivity index (χ4n) is 2.11. The van der Waals surface area contributed by atoms with Crippen LogP contribution in [-0.4, -0.2) is 16.0 Å². The van der Waals surface area contributed by atoms with E-state index in [1.807, 2.05) is 49.4 Å². The van der Waals surface area contributed by atoms with Gasteiger partial charge in [-0.2, -0.15) is 4.98 Å². The highest BCUT2D eigenvalue weighted by Gasteiger charge is 2.08. The minimum absolute atomic E-state index is 0.133. The summed E-state index contributed by atoms with van der Waals surface area (Å²) in [6, 6.07) is 14.8. The Balaban J connectivity index is 1.75. The van der Waals surface area contributed by atoms with Crippen LogP contribution in [0.15, 0.2) is 53.1 Å². The van der Waals surface area contributed by atoms with Crippen molar-refractivity contribution in [1.82, 2.24) is 10.1 Å². The number of hydrogen-bond donors (Lipinski definition) is 1. The third-order valence-corrected chi connectivity index (χ3v) is 3.21. The number of aryl methyl sites for hydroxylation is 2. The molecule has 5 nitrogen and oxygen atoms in total. The van der Waals surface area contributed by atoms with Crippen LogP contribution in [0.3, 0.4) is 0 Å². The Bertz CT molecular complexity index is 807. The van der Waals surface area contributed by atoms with Crippen molar-refractivity contribution in [2.24, 2.45) is 0 Å². The monoisotopic (exact) mass is 293 g/mol. The van der Waals surface area contributed by atoms with Gasteiger partial charge in [-0.05, 0) is 43.3 Å². The molecular formula is C17H15N3O2. The van der Waals surface area contributed by atoms with Gasteiger partial charge in [0.25, 0.3) is 5.91 Å². The number of nitrogens with one attached hydrogen (secondary N) is 1. The first kappa shape index (κ1) is 14.0. The van der Waals surface area contributed by atoms with Gasteiger partial charge < -0.3 is 9.84 Å². The molecule has 0 aliphatic carbocycles. The minimum Gasteiger partial charge on any atom is -0.339 e. The zero-order valence-electron chi connectivity index (χ0n) is 12.3. The second-order valence-corrected chi connectivity index (χ2v) is 5.04. The van der Waals surface area contributed by atoms with Gasteiger partial charge in [0.2, 0.25) is 11.7 Å². The van der Waals surface area contributed by atoms with Gasteiger partial charge in [-0.1, -0.05) is 22.9 Å². The molecule has 110 valence electrons. The van der Waals surface area contributed by atoms with Gasteiger partial charge in [0, 0.05) is 23.7 Å². The van der Waals surface area contributed by atoms with Crippen LogP contribution in [0, 0.1) is 13.8 Å². The van der Waals surface area contributed by atoms with Crippen molar-refractivity contribution in [1.29, 1.82) is 0 Å². The zero-order chi connectivity index (χ0) is 15.5. The molecule has 1 amide bonds. The predicted molar refractivity (Wildman–Crippen MR) is 83.6 cm³/mol. The summed E-state index contributed by atoms with van der Waals surface area (Å²) >= 11 is 0. The number of anilines is 1. The predicted octanol–water partition coefficient (Wildman–Crippen LogP) is 3.61. The average Bonchev–Trinajstić information content (AvgIpc) is 2.94. The second-order valence-electron chi connectivity index (χ2n) is 5.04. The highest BCUT2D eigenvalue weighted by molar-refractivity contribution is 6.04. The SMILES string of the molecule is Cc1cccc(C(=O)Nc2ccc(-c3noc(C)n3)cc2)c1. The maximum absolute atomic E-state index is 12.2. The lowest BCUT2D eigenvalue weighted by Gasteiger charge is -2.06. The van der Waals surface area contributed by atoms with E-state index in [0.717, 1.165) is 16.8 Å². The smallest absolute Gasteiger partial charge is 0.255 e. The number of benzene rings is 2. The third-order valence-electron chi connectivity index (χ3n) is 3.21. The Labute approximate surface area is 128 Å². The van der Waals surface area contributed by atoms with Crippen LogP contribution in [0.1, 0.15) is 21.8 Å². The summed E-state index contributed by atoms with van der Waals surface area (Å²) in [5.74, 6) is 0.924. The summed E-state index contributed by atoms with van der Waals surface area (Å²) in [6.07, 6.45) is 0. The molecule has 0 saturated heterocycles. The van der Waals surface area contributed by atoms with E-state index in [1.54, 1.807) is 13.0 Å². The minimum atomic E-state index is -0.133. The van der Waals surface area contributed by atoms with Gasteiger partial charge in [0.15, 0.2) is 0 Å². The van der Waals surface area contributed by atoms with Gasteiger partial charge >= 0.3 is 0 Å². The molecule has 0 unspecified atom stereocenters. The standard InChI is InChI=1S/C17H15N3O2/c1-11-4-3-5-14(10-11)17(21)19-15-8-6-13(7-9-15)16-18-12(2)22-20-16/h3-10H,1-2H3,(H,19,21).